The van der Waals surface area contributed by atoms with E-state index < -0.39 is 0 Å². The molecule has 28 heavy (non-hydrogen) atoms. The number of nitrogens with zero attached hydrogens (tertiary/aromatic N) is 2. The predicted molar refractivity (Wildman–Crippen MR) is 117 cm³/mol. The molecule has 146 valence electrons. The van der Waals surface area contributed by atoms with Crippen molar-refractivity contribution in [2.45, 2.75) is 20.8 Å². The van der Waals surface area contributed by atoms with E-state index in [1.165, 1.54) is 27.6 Å². The Morgan fingerprint density at radius 3 is 2.57 bits per heavy atom. The van der Waals surface area contributed by atoms with E-state index in [0.717, 1.165) is 26.7 Å². The van der Waals surface area contributed by atoms with E-state index >= 15 is 0 Å². The molecule has 2 aromatic heterocycles. The summed E-state index contributed by atoms with van der Waals surface area (Å²) in [6.45, 7) is 5.71. The number of carbonyl (C=O) groups excluding carboxylic acids is 2. The van der Waals surface area contributed by atoms with Gasteiger partial charge in [0.15, 0.2) is 0 Å². The largest absolute Gasteiger partial charge is 0.332 e. The quantitative estimate of drug-likeness (QED) is 0.604. The summed E-state index contributed by atoms with van der Waals surface area (Å²) in [5, 5.41) is 3.63. The number of thiazole rings is 1. The number of halogens is 1. The van der Waals surface area contributed by atoms with Gasteiger partial charge in [0.1, 0.15) is 9.88 Å². The molecule has 0 saturated heterocycles. The SMILES string of the molecule is Cc1cccc(NC(=O)CN(C)C(=O)c2sc(-c3ccc(Cl)s3)nc2C)c1C. The standard InChI is InChI=1S/C20H20ClN3O2S2/c1-11-6-5-7-14(12(11)2)23-17(25)10-24(4)20(26)18-13(3)22-19(28-18)15-8-9-16(21)27-15/h5-9H,10H2,1-4H3,(H,23,25). The molecule has 0 aliphatic rings. The van der Waals surface area contributed by atoms with Gasteiger partial charge in [-0.05, 0) is 50.1 Å². The summed E-state index contributed by atoms with van der Waals surface area (Å²) >= 11 is 8.73. The molecule has 3 rings (SSSR count). The molecule has 2 amide bonds. The Labute approximate surface area is 177 Å². The second-order valence-electron chi connectivity index (χ2n) is 6.49. The molecule has 0 fully saturated rings. The van der Waals surface area contributed by atoms with Gasteiger partial charge in [-0.15, -0.1) is 22.7 Å². The van der Waals surface area contributed by atoms with E-state index in [2.05, 4.69) is 10.3 Å². The molecular weight excluding hydrogens is 414 g/mol. The summed E-state index contributed by atoms with van der Waals surface area (Å²) < 4.78 is 0.677. The van der Waals surface area contributed by atoms with Crippen LogP contribution in [-0.2, 0) is 4.79 Å². The van der Waals surface area contributed by atoms with Crippen molar-refractivity contribution in [2.24, 2.45) is 0 Å². The third-order valence-corrected chi connectivity index (χ3v) is 6.93. The smallest absolute Gasteiger partial charge is 0.266 e. The van der Waals surface area contributed by atoms with Crippen LogP contribution in [0.4, 0.5) is 5.69 Å². The molecule has 0 aliphatic heterocycles. The molecule has 0 bridgehead atoms. The molecule has 0 aliphatic carbocycles. The lowest BCUT2D eigenvalue weighted by molar-refractivity contribution is -0.116. The fraction of sp³-hybridized carbons (Fsp3) is 0.250. The Morgan fingerprint density at radius 2 is 1.89 bits per heavy atom. The Morgan fingerprint density at radius 1 is 1.14 bits per heavy atom. The maximum absolute atomic E-state index is 12.8. The van der Waals surface area contributed by atoms with Crippen LogP contribution in [-0.4, -0.2) is 35.3 Å². The van der Waals surface area contributed by atoms with Gasteiger partial charge in [0, 0.05) is 12.7 Å². The zero-order valence-electron chi connectivity index (χ0n) is 16.0. The molecule has 5 nitrogen and oxygen atoms in total. The topological polar surface area (TPSA) is 62.3 Å². The first kappa shape index (κ1) is 20.5. The molecule has 1 aromatic carbocycles. The molecule has 0 atom stereocenters. The molecule has 0 unspecified atom stereocenters. The van der Waals surface area contributed by atoms with Gasteiger partial charge in [-0.1, -0.05) is 23.7 Å². The van der Waals surface area contributed by atoms with Crippen LogP contribution in [0, 0.1) is 20.8 Å². The Bertz CT molecular complexity index is 1040. The van der Waals surface area contributed by atoms with Crippen LogP contribution in [0.25, 0.3) is 9.88 Å². The van der Waals surface area contributed by atoms with Gasteiger partial charge in [-0.2, -0.15) is 0 Å². The first-order chi connectivity index (χ1) is 13.3. The fourth-order valence-electron chi connectivity index (χ4n) is 2.67. The molecule has 0 spiro atoms. The molecule has 3 aromatic rings. The van der Waals surface area contributed by atoms with Gasteiger partial charge in [0.05, 0.1) is 21.5 Å². The Hall–Kier alpha value is -2.22. The van der Waals surface area contributed by atoms with E-state index in [9.17, 15) is 9.59 Å². The summed E-state index contributed by atoms with van der Waals surface area (Å²) in [5.74, 6) is -0.461. The van der Waals surface area contributed by atoms with Gasteiger partial charge in [0.25, 0.3) is 5.91 Å². The van der Waals surface area contributed by atoms with Gasteiger partial charge >= 0.3 is 0 Å². The van der Waals surface area contributed by atoms with Crippen LogP contribution < -0.4 is 5.32 Å². The van der Waals surface area contributed by atoms with E-state index in [-0.39, 0.29) is 18.4 Å². The van der Waals surface area contributed by atoms with Crippen molar-refractivity contribution >= 4 is 51.8 Å². The first-order valence-electron chi connectivity index (χ1n) is 8.61. The van der Waals surface area contributed by atoms with Crippen molar-refractivity contribution in [3.05, 3.63) is 56.4 Å². The van der Waals surface area contributed by atoms with E-state index in [1.54, 1.807) is 14.0 Å². The van der Waals surface area contributed by atoms with Crippen LogP contribution >= 0.6 is 34.3 Å². The van der Waals surface area contributed by atoms with Crippen LogP contribution in [0.3, 0.4) is 0 Å². The van der Waals surface area contributed by atoms with Gasteiger partial charge in [-0.25, -0.2) is 4.98 Å². The van der Waals surface area contributed by atoms with Crippen LogP contribution in [0.15, 0.2) is 30.3 Å². The third-order valence-electron chi connectivity index (χ3n) is 4.38. The number of thiophene rings is 1. The number of hydrogen-bond acceptors (Lipinski definition) is 5. The minimum atomic E-state index is -0.239. The van der Waals surface area contributed by atoms with E-state index in [0.29, 0.717) is 14.9 Å². The Balaban J connectivity index is 1.70. The first-order valence-corrected chi connectivity index (χ1v) is 10.6. The van der Waals surface area contributed by atoms with E-state index in [4.69, 9.17) is 11.6 Å². The summed E-state index contributed by atoms with van der Waals surface area (Å²) in [7, 11) is 1.62. The highest BCUT2D eigenvalue weighted by Crippen LogP contribution is 2.35. The molecule has 2 heterocycles. The fourth-order valence-corrected chi connectivity index (χ4v) is 4.82. The zero-order chi connectivity index (χ0) is 20.4. The lowest BCUT2D eigenvalue weighted by atomic mass is 10.1. The van der Waals surface area contributed by atoms with Crippen molar-refractivity contribution in [1.82, 2.24) is 9.88 Å². The maximum Gasteiger partial charge on any atom is 0.266 e. The van der Waals surface area contributed by atoms with Gasteiger partial charge in [0.2, 0.25) is 5.91 Å². The number of benzene rings is 1. The molecule has 8 heteroatoms. The van der Waals surface area contributed by atoms with Crippen LogP contribution in [0.1, 0.15) is 26.5 Å². The second kappa shape index (κ2) is 8.43. The molecule has 1 N–H and O–H groups in total. The predicted octanol–water partition coefficient (Wildman–Crippen LogP) is 5.16. The highest BCUT2D eigenvalue weighted by molar-refractivity contribution is 7.24. The monoisotopic (exact) mass is 433 g/mol. The normalized spacial score (nSPS) is 10.8. The number of aryl methyl sites for hydroxylation is 2. The van der Waals surface area contributed by atoms with Crippen molar-refractivity contribution in [1.29, 1.82) is 0 Å². The lowest BCUT2D eigenvalue weighted by Gasteiger charge is -2.17. The number of amides is 2. The summed E-state index contributed by atoms with van der Waals surface area (Å²) in [5.41, 5.74) is 3.53. The van der Waals surface area contributed by atoms with Crippen molar-refractivity contribution in [3.8, 4) is 9.88 Å². The lowest BCUT2D eigenvalue weighted by Crippen LogP contribution is -2.35. The van der Waals surface area contributed by atoms with E-state index in [1.807, 2.05) is 44.2 Å². The molecular formula is C20H20ClN3O2S2. The van der Waals surface area contributed by atoms with Gasteiger partial charge in [-0.3, -0.25) is 9.59 Å². The van der Waals surface area contributed by atoms with Gasteiger partial charge < -0.3 is 10.2 Å². The maximum atomic E-state index is 12.8. The number of rotatable bonds is 5. The number of nitrogens with one attached hydrogen (secondary N) is 1. The summed E-state index contributed by atoms with van der Waals surface area (Å²) in [4.78, 5) is 32.6. The number of hydrogen-bond donors (Lipinski definition) is 1. The molecule has 0 saturated carbocycles. The third kappa shape index (κ3) is 4.43. The Kier molecular flexibility index (Phi) is 6.17. The number of likely N-dealkylation sites (N-methyl/N-ethyl adjacent to an activating group) is 1. The highest BCUT2D eigenvalue weighted by Gasteiger charge is 2.22. The minimum Gasteiger partial charge on any atom is -0.332 e. The zero-order valence-corrected chi connectivity index (χ0v) is 18.4. The van der Waals surface area contributed by atoms with Crippen molar-refractivity contribution in [3.63, 3.8) is 0 Å². The number of anilines is 1. The molecule has 0 radical (unpaired) electrons. The number of aromatic nitrogens is 1. The van der Waals surface area contributed by atoms with Crippen molar-refractivity contribution < 1.29 is 9.59 Å². The average Bonchev–Trinajstić information content (AvgIpc) is 3.24. The summed E-state index contributed by atoms with van der Waals surface area (Å²) in [6, 6.07) is 9.44. The average molecular weight is 434 g/mol. The van der Waals surface area contributed by atoms with Crippen LogP contribution in [0.2, 0.25) is 4.34 Å². The second-order valence-corrected chi connectivity index (χ2v) is 9.21. The summed E-state index contributed by atoms with van der Waals surface area (Å²) in [6.07, 6.45) is 0. The minimum absolute atomic E-state index is 0.0380. The number of carbonyl (C=O) groups is 2. The van der Waals surface area contributed by atoms with Crippen molar-refractivity contribution in [2.75, 3.05) is 18.9 Å². The highest BCUT2D eigenvalue weighted by atomic mass is 35.5. The van der Waals surface area contributed by atoms with Crippen LogP contribution in [0.5, 0.6) is 0 Å².